The Labute approximate surface area is 144 Å². The van der Waals surface area contributed by atoms with Crippen molar-refractivity contribution in [2.24, 2.45) is 0 Å². The Morgan fingerprint density at radius 2 is 1.38 bits per heavy atom. The van der Waals surface area contributed by atoms with Crippen LogP contribution >= 0.6 is 11.6 Å². The lowest BCUT2D eigenvalue weighted by Crippen LogP contribution is -2.36. The summed E-state index contributed by atoms with van der Waals surface area (Å²) in [6, 6.07) is 17.1. The lowest BCUT2D eigenvalue weighted by atomic mass is 10.2. The number of carbonyl (C=O) groups excluding carboxylic acids is 2. The third-order valence-electron chi connectivity index (χ3n) is 3.56. The number of ether oxygens (including phenoxy) is 3. The van der Waals surface area contributed by atoms with Gasteiger partial charge in [-0.3, -0.25) is 0 Å². The van der Waals surface area contributed by atoms with Gasteiger partial charge in [0.05, 0.1) is 17.7 Å². The van der Waals surface area contributed by atoms with E-state index >= 15 is 0 Å². The Balaban J connectivity index is 1.67. The Morgan fingerprint density at radius 3 is 1.92 bits per heavy atom. The molecular formula is C18H15ClO5. The van der Waals surface area contributed by atoms with Crippen LogP contribution in [-0.2, 0) is 14.2 Å². The summed E-state index contributed by atoms with van der Waals surface area (Å²) in [5.41, 5.74) is -0.0729. The van der Waals surface area contributed by atoms with E-state index in [4.69, 9.17) is 25.8 Å². The Kier molecular flexibility index (Phi) is 5.13. The van der Waals surface area contributed by atoms with Crippen LogP contribution < -0.4 is 0 Å². The molecule has 2 aromatic rings. The van der Waals surface area contributed by atoms with Gasteiger partial charge in [-0.15, -0.1) is 0 Å². The first-order chi connectivity index (χ1) is 11.6. The molecule has 3 atom stereocenters. The average molecular weight is 347 g/mol. The summed E-state index contributed by atoms with van der Waals surface area (Å²) in [5.74, 6) is -1.06. The fraction of sp³-hybridized carbons (Fsp3) is 0.222. The summed E-state index contributed by atoms with van der Waals surface area (Å²) in [5, 5.41) is 0. The van der Waals surface area contributed by atoms with Crippen LogP contribution in [0, 0.1) is 0 Å². The van der Waals surface area contributed by atoms with Crippen LogP contribution in [0.1, 0.15) is 20.7 Å². The van der Waals surface area contributed by atoms with Gasteiger partial charge in [0, 0.05) is 0 Å². The Morgan fingerprint density at radius 1 is 0.875 bits per heavy atom. The summed E-state index contributed by atoms with van der Waals surface area (Å²) in [4.78, 5) is 24.3. The number of hydrogen-bond donors (Lipinski definition) is 0. The fourth-order valence-corrected chi connectivity index (χ4v) is 2.61. The van der Waals surface area contributed by atoms with Crippen LogP contribution in [0.25, 0.3) is 0 Å². The van der Waals surface area contributed by atoms with Crippen molar-refractivity contribution in [2.75, 3.05) is 6.61 Å². The molecule has 1 fully saturated rings. The Hall–Kier alpha value is -2.37. The van der Waals surface area contributed by atoms with Crippen molar-refractivity contribution in [3.63, 3.8) is 0 Å². The fourth-order valence-electron chi connectivity index (χ4n) is 2.32. The molecule has 0 radical (unpaired) electrons. The molecule has 1 unspecified atom stereocenters. The van der Waals surface area contributed by atoms with Gasteiger partial charge in [0.15, 0.2) is 17.8 Å². The second-order valence-electron chi connectivity index (χ2n) is 5.23. The molecule has 1 saturated heterocycles. The predicted octanol–water partition coefficient (Wildman–Crippen LogP) is 3.03. The maximum absolute atomic E-state index is 12.2. The summed E-state index contributed by atoms with van der Waals surface area (Å²) in [7, 11) is 0. The highest BCUT2D eigenvalue weighted by molar-refractivity contribution is 6.20. The zero-order valence-corrected chi connectivity index (χ0v) is 13.4. The monoisotopic (exact) mass is 346 g/mol. The van der Waals surface area contributed by atoms with Crippen molar-refractivity contribution in [1.82, 2.24) is 0 Å². The van der Waals surface area contributed by atoms with E-state index in [-0.39, 0.29) is 6.61 Å². The standard InChI is InChI=1S/C18H15ClO5/c19-16-15(24-18(21)13-9-5-2-6-10-13)14(11-22-16)23-17(20)12-7-3-1-4-8-12/h1-10,14-16H,11H2/t14-,15-,16?/m0/s1. The third-order valence-corrected chi connectivity index (χ3v) is 3.94. The molecule has 0 bridgehead atoms. The van der Waals surface area contributed by atoms with Crippen LogP contribution in [0.5, 0.6) is 0 Å². The van der Waals surface area contributed by atoms with Gasteiger partial charge in [-0.25, -0.2) is 9.59 Å². The lowest BCUT2D eigenvalue weighted by Gasteiger charge is -2.20. The molecule has 5 nitrogen and oxygen atoms in total. The summed E-state index contributed by atoms with van der Waals surface area (Å²) < 4.78 is 16.0. The summed E-state index contributed by atoms with van der Waals surface area (Å²) in [6.45, 7) is 0.0689. The second-order valence-corrected chi connectivity index (χ2v) is 5.66. The van der Waals surface area contributed by atoms with E-state index in [1.165, 1.54) is 0 Å². The quantitative estimate of drug-likeness (QED) is 0.629. The molecule has 0 N–H and O–H groups in total. The van der Waals surface area contributed by atoms with E-state index in [1.807, 2.05) is 0 Å². The van der Waals surface area contributed by atoms with Crippen LogP contribution in [0.4, 0.5) is 0 Å². The minimum atomic E-state index is -0.869. The van der Waals surface area contributed by atoms with E-state index in [0.717, 1.165) is 0 Å². The van der Waals surface area contributed by atoms with Crippen molar-refractivity contribution in [3.05, 3.63) is 71.8 Å². The molecule has 124 valence electrons. The number of benzene rings is 2. The van der Waals surface area contributed by atoms with E-state index in [1.54, 1.807) is 60.7 Å². The van der Waals surface area contributed by atoms with Crippen LogP contribution in [-0.4, -0.2) is 36.3 Å². The van der Waals surface area contributed by atoms with Gasteiger partial charge in [0.1, 0.15) is 0 Å². The van der Waals surface area contributed by atoms with Gasteiger partial charge in [0.25, 0.3) is 0 Å². The van der Waals surface area contributed by atoms with Crippen molar-refractivity contribution >= 4 is 23.5 Å². The first kappa shape index (κ1) is 16.5. The summed E-state index contributed by atoms with van der Waals surface area (Å²) >= 11 is 6.04. The highest BCUT2D eigenvalue weighted by Gasteiger charge is 2.42. The molecule has 2 aromatic carbocycles. The minimum absolute atomic E-state index is 0.0689. The second kappa shape index (κ2) is 7.47. The van der Waals surface area contributed by atoms with Crippen molar-refractivity contribution in [3.8, 4) is 0 Å². The van der Waals surface area contributed by atoms with Gasteiger partial charge in [-0.2, -0.15) is 0 Å². The maximum Gasteiger partial charge on any atom is 0.338 e. The third kappa shape index (κ3) is 3.75. The SMILES string of the molecule is O=C(O[C@H]1COC(Cl)[C@H]1OC(=O)c1ccccc1)c1ccccc1. The van der Waals surface area contributed by atoms with Crippen molar-refractivity contribution in [1.29, 1.82) is 0 Å². The first-order valence-electron chi connectivity index (χ1n) is 7.43. The van der Waals surface area contributed by atoms with E-state index in [2.05, 4.69) is 0 Å². The molecule has 0 saturated carbocycles. The van der Waals surface area contributed by atoms with E-state index in [0.29, 0.717) is 11.1 Å². The highest BCUT2D eigenvalue weighted by atomic mass is 35.5. The molecule has 0 amide bonds. The maximum atomic E-state index is 12.2. The van der Waals surface area contributed by atoms with Crippen molar-refractivity contribution < 1.29 is 23.8 Å². The number of halogens is 1. The first-order valence-corrected chi connectivity index (χ1v) is 7.86. The molecule has 1 aliphatic rings. The molecule has 3 rings (SSSR count). The molecular weight excluding hydrogens is 332 g/mol. The molecule has 0 aliphatic carbocycles. The molecule has 0 aromatic heterocycles. The number of alkyl halides is 1. The summed E-state index contributed by atoms with van der Waals surface area (Å²) in [6.07, 6.45) is -1.63. The largest absolute Gasteiger partial charge is 0.452 e. The minimum Gasteiger partial charge on any atom is -0.452 e. The number of hydrogen-bond acceptors (Lipinski definition) is 5. The number of carbonyl (C=O) groups is 2. The van der Waals surface area contributed by atoms with E-state index in [9.17, 15) is 9.59 Å². The molecule has 0 spiro atoms. The molecule has 1 aliphatic heterocycles. The topological polar surface area (TPSA) is 61.8 Å². The van der Waals surface area contributed by atoms with Crippen LogP contribution in [0.3, 0.4) is 0 Å². The highest BCUT2D eigenvalue weighted by Crippen LogP contribution is 2.25. The number of rotatable bonds is 4. The number of esters is 2. The van der Waals surface area contributed by atoms with Crippen molar-refractivity contribution in [2.45, 2.75) is 17.8 Å². The normalized spacial score (nSPS) is 22.8. The zero-order valence-electron chi connectivity index (χ0n) is 12.6. The molecule has 24 heavy (non-hydrogen) atoms. The van der Waals surface area contributed by atoms with Crippen LogP contribution in [0.15, 0.2) is 60.7 Å². The average Bonchev–Trinajstić information content (AvgIpc) is 2.96. The van der Waals surface area contributed by atoms with Gasteiger partial charge >= 0.3 is 11.9 Å². The van der Waals surface area contributed by atoms with Gasteiger partial charge in [0.2, 0.25) is 0 Å². The van der Waals surface area contributed by atoms with Crippen LogP contribution in [0.2, 0.25) is 0 Å². The van der Waals surface area contributed by atoms with Gasteiger partial charge in [-0.05, 0) is 24.3 Å². The lowest BCUT2D eigenvalue weighted by molar-refractivity contribution is -0.0203. The smallest absolute Gasteiger partial charge is 0.338 e. The van der Waals surface area contributed by atoms with E-state index < -0.39 is 29.7 Å². The molecule has 6 heteroatoms. The van der Waals surface area contributed by atoms with Gasteiger partial charge in [-0.1, -0.05) is 48.0 Å². The van der Waals surface area contributed by atoms with Gasteiger partial charge < -0.3 is 14.2 Å². The predicted molar refractivity (Wildman–Crippen MR) is 86.9 cm³/mol. The molecule has 1 heterocycles. The zero-order chi connectivity index (χ0) is 16.9. The Bertz CT molecular complexity index is 704.